The standard InChI is InChI=1S/C20H31N3O2/c1-15(2)17-6-8-18(9-7-17)21-19(24)14-22-10-5-11-23(13-12-22)20(25)16(3)4/h6-9,15-16H,5,10-14H2,1-4H3,(H,21,24). The molecule has 0 aromatic heterocycles. The van der Waals surface area contributed by atoms with Gasteiger partial charge in [0.2, 0.25) is 11.8 Å². The summed E-state index contributed by atoms with van der Waals surface area (Å²) in [7, 11) is 0. The zero-order valence-corrected chi connectivity index (χ0v) is 15.9. The third-order valence-electron chi connectivity index (χ3n) is 4.62. The highest BCUT2D eigenvalue weighted by atomic mass is 16.2. The van der Waals surface area contributed by atoms with E-state index in [0.29, 0.717) is 19.0 Å². The minimum Gasteiger partial charge on any atom is -0.341 e. The van der Waals surface area contributed by atoms with E-state index < -0.39 is 0 Å². The van der Waals surface area contributed by atoms with Gasteiger partial charge in [-0.2, -0.15) is 0 Å². The first-order chi connectivity index (χ1) is 11.9. The van der Waals surface area contributed by atoms with Gasteiger partial charge in [-0.25, -0.2) is 0 Å². The highest BCUT2D eigenvalue weighted by Crippen LogP contribution is 2.17. The molecule has 0 bridgehead atoms. The molecular weight excluding hydrogens is 314 g/mol. The van der Waals surface area contributed by atoms with Crippen molar-refractivity contribution in [3.63, 3.8) is 0 Å². The van der Waals surface area contributed by atoms with Gasteiger partial charge in [0.1, 0.15) is 0 Å². The van der Waals surface area contributed by atoms with E-state index >= 15 is 0 Å². The first kappa shape index (κ1) is 19.4. The molecule has 5 heteroatoms. The summed E-state index contributed by atoms with van der Waals surface area (Å²) in [6.07, 6.45) is 0.912. The van der Waals surface area contributed by atoms with E-state index in [2.05, 4.69) is 36.2 Å². The molecule has 1 N–H and O–H groups in total. The molecule has 0 saturated carbocycles. The van der Waals surface area contributed by atoms with Crippen LogP contribution in [0.1, 0.15) is 45.6 Å². The highest BCUT2D eigenvalue weighted by molar-refractivity contribution is 5.92. The van der Waals surface area contributed by atoms with E-state index in [1.165, 1.54) is 5.56 Å². The van der Waals surface area contributed by atoms with Crippen molar-refractivity contribution in [3.05, 3.63) is 29.8 Å². The number of amides is 2. The topological polar surface area (TPSA) is 52.7 Å². The molecule has 0 unspecified atom stereocenters. The fourth-order valence-electron chi connectivity index (χ4n) is 3.07. The minimum absolute atomic E-state index is 0.000864. The Balaban J connectivity index is 1.83. The molecule has 0 aliphatic carbocycles. The number of anilines is 1. The van der Waals surface area contributed by atoms with Crippen LogP contribution in [-0.4, -0.2) is 54.3 Å². The lowest BCUT2D eigenvalue weighted by Crippen LogP contribution is -2.39. The van der Waals surface area contributed by atoms with Gasteiger partial charge in [-0.15, -0.1) is 0 Å². The lowest BCUT2D eigenvalue weighted by Gasteiger charge is -2.23. The fourth-order valence-corrected chi connectivity index (χ4v) is 3.07. The molecule has 1 aliphatic heterocycles. The molecule has 1 aromatic carbocycles. The van der Waals surface area contributed by atoms with Crippen molar-refractivity contribution in [3.8, 4) is 0 Å². The summed E-state index contributed by atoms with van der Waals surface area (Å²) in [6, 6.07) is 8.03. The summed E-state index contributed by atoms with van der Waals surface area (Å²) < 4.78 is 0. The number of carbonyl (C=O) groups is 2. The molecule has 2 rings (SSSR count). The summed E-state index contributed by atoms with van der Waals surface area (Å²) >= 11 is 0. The number of nitrogens with zero attached hydrogens (tertiary/aromatic N) is 2. The first-order valence-corrected chi connectivity index (χ1v) is 9.27. The van der Waals surface area contributed by atoms with Crippen molar-refractivity contribution in [1.82, 2.24) is 9.80 Å². The lowest BCUT2D eigenvalue weighted by atomic mass is 10.0. The Kier molecular flexibility index (Phi) is 7.00. The normalized spacial score (nSPS) is 16.2. The molecule has 1 saturated heterocycles. The van der Waals surface area contributed by atoms with Gasteiger partial charge in [-0.05, 0) is 30.0 Å². The van der Waals surface area contributed by atoms with Gasteiger partial charge in [-0.1, -0.05) is 39.8 Å². The van der Waals surface area contributed by atoms with Crippen LogP contribution < -0.4 is 5.32 Å². The average Bonchev–Trinajstić information content (AvgIpc) is 2.80. The summed E-state index contributed by atoms with van der Waals surface area (Å²) in [6.45, 7) is 11.6. The van der Waals surface area contributed by atoms with Crippen LogP contribution >= 0.6 is 0 Å². The Bertz CT molecular complexity index is 581. The summed E-state index contributed by atoms with van der Waals surface area (Å²) in [5.41, 5.74) is 2.10. The van der Waals surface area contributed by atoms with Crippen molar-refractivity contribution in [2.24, 2.45) is 5.92 Å². The maximum absolute atomic E-state index is 12.3. The summed E-state index contributed by atoms with van der Waals surface area (Å²) in [5.74, 6) is 0.722. The van der Waals surface area contributed by atoms with Gasteiger partial charge in [0.05, 0.1) is 6.54 Å². The van der Waals surface area contributed by atoms with Crippen LogP contribution in [0, 0.1) is 5.92 Å². The van der Waals surface area contributed by atoms with Crippen LogP contribution in [0.2, 0.25) is 0 Å². The van der Waals surface area contributed by atoms with E-state index in [-0.39, 0.29) is 17.7 Å². The predicted molar refractivity (Wildman–Crippen MR) is 102 cm³/mol. The molecule has 0 atom stereocenters. The molecule has 138 valence electrons. The van der Waals surface area contributed by atoms with E-state index in [0.717, 1.165) is 31.7 Å². The number of benzene rings is 1. The predicted octanol–water partition coefficient (Wildman–Crippen LogP) is 2.94. The molecule has 2 amide bonds. The number of rotatable bonds is 5. The quantitative estimate of drug-likeness (QED) is 0.893. The molecular formula is C20H31N3O2. The molecule has 1 heterocycles. The maximum atomic E-state index is 12.3. The van der Waals surface area contributed by atoms with Gasteiger partial charge >= 0.3 is 0 Å². The summed E-state index contributed by atoms with van der Waals surface area (Å²) in [4.78, 5) is 28.5. The Morgan fingerprint density at radius 1 is 1.00 bits per heavy atom. The van der Waals surface area contributed by atoms with Gasteiger partial charge in [-0.3, -0.25) is 14.5 Å². The SMILES string of the molecule is CC(C)C(=O)N1CCCN(CC(=O)Nc2ccc(C(C)C)cc2)CC1. The van der Waals surface area contributed by atoms with Crippen molar-refractivity contribution < 1.29 is 9.59 Å². The third kappa shape index (κ3) is 5.85. The van der Waals surface area contributed by atoms with Crippen LogP contribution in [-0.2, 0) is 9.59 Å². The molecule has 0 spiro atoms. The van der Waals surface area contributed by atoms with E-state index in [4.69, 9.17) is 0 Å². The van der Waals surface area contributed by atoms with E-state index in [9.17, 15) is 9.59 Å². The number of hydrogen-bond donors (Lipinski definition) is 1. The van der Waals surface area contributed by atoms with Crippen LogP contribution in [0.15, 0.2) is 24.3 Å². The molecule has 1 aromatic rings. The zero-order valence-electron chi connectivity index (χ0n) is 15.9. The second-order valence-electron chi connectivity index (χ2n) is 7.43. The van der Waals surface area contributed by atoms with E-state index in [1.807, 2.05) is 30.9 Å². The van der Waals surface area contributed by atoms with Crippen LogP contribution in [0.25, 0.3) is 0 Å². The molecule has 5 nitrogen and oxygen atoms in total. The Morgan fingerprint density at radius 3 is 2.28 bits per heavy atom. The van der Waals surface area contributed by atoms with Crippen molar-refractivity contribution in [1.29, 1.82) is 0 Å². The average molecular weight is 345 g/mol. The second kappa shape index (κ2) is 8.99. The number of carbonyl (C=O) groups excluding carboxylic acids is 2. The summed E-state index contributed by atoms with van der Waals surface area (Å²) in [5, 5.41) is 2.97. The van der Waals surface area contributed by atoms with Crippen LogP contribution in [0.5, 0.6) is 0 Å². The maximum Gasteiger partial charge on any atom is 0.238 e. The van der Waals surface area contributed by atoms with Gasteiger partial charge < -0.3 is 10.2 Å². The largest absolute Gasteiger partial charge is 0.341 e. The van der Waals surface area contributed by atoms with Gasteiger partial charge in [0.15, 0.2) is 0 Å². The number of nitrogens with one attached hydrogen (secondary N) is 1. The van der Waals surface area contributed by atoms with Crippen molar-refractivity contribution in [2.45, 2.75) is 40.0 Å². The Labute approximate surface area is 151 Å². The smallest absolute Gasteiger partial charge is 0.238 e. The van der Waals surface area contributed by atoms with Gasteiger partial charge in [0.25, 0.3) is 0 Å². The molecule has 1 fully saturated rings. The molecule has 0 radical (unpaired) electrons. The number of hydrogen-bond acceptors (Lipinski definition) is 3. The molecule has 25 heavy (non-hydrogen) atoms. The van der Waals surface area contributed by atoms with Crippen LogP contribution in [0.4, 0.5) is 5.69 Å². The Morgan fingerprint density at radius 2 is 1.68 bits per heavy atom. The second-order valence-corrected chi connectivity index (χ2v) is 7.43. The molecule has 1 aliphatic rings. The Hall–Kier alpha value is -1.88. The van der Waals surface area contributed by atoms with Crippen molar-refractivity contribution in [2.75, 3.05) is 38.0 Å². The highest BCUT2D eigenvalue weighted by Gasteiger charge is 2.22. The monoisotopic (exact) mass is 345 g/mol. The third-order valence-corrected chi connectivity index (χ3v) is 4.62. The van der Waals surface area contributed by atoms with Gasteiger partial charge in [0, 0.05) is 37.8 Å². The van der Waals surface area contributed by atoms with E-state index in [1.54, 1.807) is 0 Å². The lowest BCUT2D eigenvalue weighted by molar-refractivity contribution is -0.134. The van der Waals surface area contributed by atoms with Crippen molar-refractivity contribution >= 4 is 17.5 Å². The fraction of sp³-hybridized carbons (Fsp3) is 0.600. The first-order valence-electron chi connectivity index (χ1n) is 9.27. The minimum atomic E-state index is 0.000864. The van der Waals surface area contributed by atoms with Crippen LogP contribution in [0.3, 0.4) is 0 Å². The zero-order chi connectivity index (χ0) is 18.4.